The van der Waals surface area contributed by atoms with Crippen molar-refractivity contribution in [3.63, 3.8) is 0 Å². The smallest absolute Gasteiger partial charge is 0.263 e. The first kappa shape index (κ1) is 23.5. The lowest BCUT2D eigenvalue weighted by Crippen LogP contribution is -2.42. The molecule has 1 N–H and O–H groups in total. The number of thiazole rings is 1. The molecular formula is C24H26N4O5S. The zero-order chi connectivity index (χ0) is 24.1. The summed E-state index contributed by atoms with van der Waals surface area (Å²) in [5, 5.41) is 5.47. The Hall–Kier alpha value is -3.66. The van der Waals surface area contributed by atoms with Crippen molar-refractivity contribution in [2.75, 3.05) is 20.2 Å². The third-order valence-corrected chi connectivity index (χ3v) is 6.42. The number of aromatic nitrogens is 2. The average Bonchev–Trinajstić information content (AvgIpc) is 3.27. The minimum Gasteiger partial charge on any atom is -0.496 e. The number of nitrogens with zero attached hydrogens (tertiary/aromatic N) is 3. The van der Waals surface area contributed by atoms with Gasteiger partial charge >= 0.3 is 0 Å². The zero-order valence-electron chi connectivity index (χ0n) is 19.0. The normalized spacial score (nSPS) is 14.0. The number of benzene rings is 1. The van der Waals surface area contributed by atoms with Crippen LogP contribution in [0.25, 0.3) is 0 Å². The number of hydrogen-bond donors (Lipinski definition) is 1. The standard InChI is InChI=1S/C24H26N4O5S/c1-16(33-17-6-4-3-5-7-17)24(31)27-10-8-18-22(23(30)26-15-20-25-9-13-34-20)19(32-2)14-21(29)28(18)12-11-27/h3-7,9,13-14,16H,8,10-12,15H2,1-2H3,(H,26,30)/t16-/m1/s1. The van der Waals surface area contributed by atoms with E-state index in [9.17, 15) is 14.4 Å². The third kappa shape index (κ3) is 5.12. The van der Waals surface area contributed by atoms with Crippen molar-refractivity contribution >= 4 is 23.2 Å². The Morgan fingerprint density at radius 1 is 1.21 bits per heavy atom. The van der Waals surface area contributed by atoms with Gasteiger partial charge < -0.3 is 24.3 Å². The molecule has 0 saturated heterocycles. The van der Waals surface area contributed by atoms with Gasteiger partial charge in [-0.3, -0.25) is 14.4 Å². The number of carbonyl (C=O) groups excluding carboxylic acids is 2. The second-order valence-electron chi connectivity index (χ2n) is 7.78. The summed E-state index contributed by atoms with van der Waals surface area (Å²) in [6.07, 6.45) is 1.32. The van der Waals surface area contributed by atoms with Crippen molar-refractivity contribution in [2.24, 2.45) is 0 Å². The van der Waals surface area contributed by atoms with Crippen LogP contribution in [-0.2, 0) is 24.3 Å². The molecule has 9 nitrogen and oxygen atoms in total. The van der Waals surface area contributed by atoms with Crippen LogP contribution in [0.15, 0.2) is 52.8 Å². The molecule has 3 heterocycles. The average molecular weight is 483 g/mol. The lowest BCUT2D eigenvalue weighted by atomic mass is 10.1. The number of methoxy groups -OCH3 is 1. The molecule has 2 aromatic heterocycles. The number of rotatable bonds is 7. The highest BCUT2D eigenvalue weighted by Crippen LogP contribution is 2.23. The summed E-state index contributed by atoms with van der Waals surface area (Å²) in [7, 11) is 1.43. The molecule has 1 aliphatic heterocycles. The molecule has 10 heteroatoms. The molecule has 0 bridgehead atoms. The maximum atomic E-state index is 13.1. The number of para-hydroxylation sites is 1. The largest absolute Gasteiger partial charge is 0.496 e. The Morgan fingerprint density at radius 2 is 2.00 bits per heavy atom. The van der Waals surface area contributed by atoms with Gasteiger partial charge in [0.2, 0.25) is 0 Å². The predicted octanol–water partition coefficient (Wildman–Crippen LogP) is 2.10. The van der Waals surface area contributed by atoms with E-state index in [1.54, 1.807) is 34.7 Å². The van der Waals surface area contributed by atoms with Gasteiger partial charge in [-0.1, -0.05) is 18.2 Å². The molecule has 0 fully saturated rings. The second-order valence-corrected chi connectivity index (χ2v) is 8.76. The molecule has 178 valence electrons. The van der Waals surface area contributed by atoms with E-state index in [4.69, 9.17) is 9.47 Å². The quantitative estimate of drug-likeness (QED) is 0.553. The lowest BCUT2D eigenvalue weighted by Gasteiger charge is -2.24. The van der Waals surface area contributed by atoms with Crippen LogP contribution in [0.1, 0.15) is 28.0 Å². The topological polar surface area (TPSA) is 103 Å². The molecule has 0 radical (unpaired) electrons. The van der Waals surface area contributed by atoms with Crippen molar-refractivity contribution < 1.29 is 19.1 Å². The number of fused-ring (bicyclic) bond motifs is 1. The SMILES string of the molecule is COc1cc(=O)n2c(c1C(=O)NCc1nccs1)CCN(C(=O)[C@@H](C)Oc1ccccc1)CC2. The Balaban J connectivity index is 1.53. The van der Waals surface area contributed by atoms with E-state index in [0.717, 1.165) is 5.01 Å². The van der Waals surface area contributed by atoms with Crippen LogP contribution in [0.4, 0.5) is 0 Å². The molecule has 0 aliphatic carbocycles. The lowest BCUT2D eigenvalue weighted by molar-refractivity contribution is -0.137. The first-order chi connectivity index (χ1) is 16.5. The van der Waals surface area contributed by atoms with Gasteiger partial charge in [0.05, 0.1) is 13.7 Å². The summed E-state index contributed by atoms with van der Waals surface area (Å²) in [4.78, 5) is 44.8. The number of hydrogen-bond acceptors (Lipinski definition) is 7. The molecule has 1 atom stereocenters. The Bertz CT molecular complexity index is 1210. The monoisotopic (exact) mass is 482 g/mol. The van der Waals surface area contributed by atoms with Gasteiger partial charge in [-0.25, -0.2) is 4.98 Å². The van der Waals surface area contributed by atoms with E-state index >= 15 is 0 Å². The third-order valence-electron chi connectivity index (χ3n) is 5.64. The predicted molar refractivity (Wildman–Crippen MR) is 127 cm³/mol. The fraction of sp³-hybridized carbons (Fsp3) is 0.333. The van der Waals surface area contributed by atoms with Crippen molar-refractivity contribution in [2.45, 2.75) is 32.5 Å². The number of pyridine rings is 1. The first-order valence-electron chi connectivity index (χ1n) is 11.0. The Morgan fingerprint density at radius 3 is 2.71 bits per heavy atom. The summed E-state index contributed by atoms with van der Waals surface area (Å²) >= 11 is 1.44. The summed E-state index contributed by atoms with van der Waals surface area (Å²) in [5.74, 6) is 0.304. The highest BCUT2D eigenvalue weighted by molar-refractivity contribution is 7.09. The minimum atomic E-state index is -0.684. The van der Waals surface area contributed by atoms with Gasteiger partial charge in [0.1, 0.15) is 22.1 Å². The van der Waals surface area contributed by atoms with E-state index in [0.29, 0.717) is 36.5 Å². The van der Waals surface area contributed by atoms with Crippen molar-refractivity contribution in [3.05, 3.63) is 74.6 Å². The summed E-state index contributed by atoms with van der Waals surface area (Å²) in [6, 6.07) is 10.5. The highest BCUT2D eigenvalue weighted by Gasteiger charge is 2.28. The molecule has 1 aromatic carbocycles. The van der Waals surface area contributed by atoms with Crippen LogP contribution in [0.5, 0.6) is 11.5 Å². The number of ether oxygens (including phenoxy) is 2. The van der Waals surface area contributed by atoms with Crippen molar-refractivity contribution in [1.82, 2.24) is 19.8 Å². The van der Waals surface area contributed by atoms with Crippen molar-refractivity contribution in [1.29, 1.82) is 0 Å². The van der Waals surface area contributed by atoms with E-state index in [1.807, 2.05) is 23.6 Å². The van der Waals surface area contributed by atoms with Crippen LogP contribution in [-0.4, -0.2) is 52.6 Å². The fourth-order valence-electron chi connectivity index (χ4n) is 3.97. The van der Waals surface area contributed by atoms with E-state index < -0.39 is 6.10 Å². The van der Waals surface area contributed by atoms with Gasteiger partial charge in [-0.2, -0.15) is 0 Å². The summed E-state index contributed by atoms with van der Waals surface area (Å²) in [6.45, 7) is 2.94. The Kier molecular flexibility index (Phi) is 7.27. The molecule has 0 unspecified atom stereocenters. The molecule has 2 amide bonds. The Labute approximate surface area is 201 Å². The van der Waals surface area contributed by atoms with Gasteiger partial charge in [0.15, 0.2) is 6.10 Å². The van der Waals surface area contributed by atoms with Crippen LogP contribution in [0.2, 0.25) is 0 Å². The first-order valence-corrected chi connectivity index (χ1v) is 11.8. The molecule has 1 aliphatic rings. The molecule has 3 aromatic rings. The summed E-state index contributed by atoms with van der Waals surface area (Å²) in [5.41, 5.74) is 0.584. The van der Waals surface area contributed by atoms with Crippen molar-refractivity contribution in [3.8, 4) is 11.5 Å². The number of carbonyl (C=O) groups is 2. The maximum absolute atomic E-state index is 13.1. The molecule has 34 heavy (non-hydrogen) atoms. The van der Waals surface area contributed by atoms with Crippen LogP contribution in [0.3, 0.4) is 0 Å². The molecule has 0 spiro atoms. The van der Waals surface area contributed by atoms with E-state index in [2.05, 4.69) is 10.3 Å². The second kappa shape index (κ2) is 10.5. The number of amides is 2. The molecule has 4 rings (SSSR count). The minimum absolute atomic E-state index is 0.175. The van der Waals surface area contributed by atoms with Gasteiger partial charge in [-0.15, -0.1) is 11.3 Å². The molecular weight excluding hydrogens is 456 g/mol. The molecule has 0 saturated carbocycles. The van der Waals surface area contributed by atoms with Gasteiger partial charge in [-0.05, 0) is 19.1 Å². The summed E-state index contributed by atoms with van der Waals surface area (Å²) < 4.78 is 12.7. The van der Waals surface area contributed by atoms with Gasteiger partial charge in [0.25, 0.3) is 17.4 Å². The maximum Gasteiger partial charge on any atom is 0.263 e. The van der Waals surface area contributed by atoms with Crippen LogP contribution < -0.4 is 20.3 Å². The number of nitrogens with one attached hydrogen (secondary N) is 1. The highest BCUT2D eigenvalue weighted by atomic mass is 32.1. The van der Waals surface area contributed by atoms with Gasteiger partial charge in [0, 0.05) is 49.4 Å². The van der Waals surface area contributed by atoms with E-state index in [1.165, 1.54) is 24.5 Å². The zero-order valence-corrected chi connectivity index (χ0v) is 19.8. The van der Waals surface area contributed by atoms with Crippen LogP contribution in [0, 0.1) is 0 Å². The van der Waals surface area contributed by atoms with E-state index in [-0.39, 0.29) is 36.2 Å². The van der Waals surface area contributed by atoms with Crippen LogP contribution >= 0.6 is 11.3 Å². The fourth-order valence-corrected chi connectivity index (χ4v) is 4.53.